The number of sulfonamides is 1. The Kier molecular flexibility index (Phi) is 8.05. The first-order valence-corrected chi connectivity index (χ1v) is 9.50. The van der Waals surface area contributed by atoms with Crippen LogP contribution in [0, 0.1) is 0 Å². The number of benzene rings is 1. The Balaban J connectivity index is 2.72. The van der Waals surface area contributed by atoms with Crippen molar-refractivity contribution < 1.29 is 35.9 Å². The van der Waals surface area contributed by atoms with Gasteiger partial charge in [-0.3, -0.25) is 9.59 Å². The van der Waals surface area contributed by atoms with Crippen LogP contribution in [0.3, 0.4) is 0 Å². The molecule has 0 heterocycles. The van der Waals surface area contributed by atoms with Gasteiger partial charge in [0.15, 0.2) is 0 Å². The Morgan fingerprint density at radius 2 is 1.93 bits per heavy atom. The SMILES string of the molecule is CCOC(=O)CN(C)C(=O)CCNS(=O)(=O)c1ccc(Cl)c(C(F)(F)F)c1. The first-order chi connectivity index (χ1) is 12.4. The van der Waals surface area contributed by atoms with Crippen LogP contribution in [0.1, 0.15) is 18.9 Å². The molecule has 1 N–H and O–H groups in total. The summed E-state index contributed by atoms with van der Waals surface area (Å²) >= 11 is 5.45. The topological polar surface area (TPSA) is 92.8 Å². The van der Waals surface area contributed by atoms with E-state index in [2.05, 4.69) is 4.74 Å². The molecule has 0 aliphatic rings. The molecule has 0 unspecified atom stereocenters. The fourth-order valence-corrected chi connectivity index (χ4v) is 3.23. The average Bonchev–Trinajstić information content (AvgIpc) is 2.53. The monoisotopic (exact) mass is 430 g/mol. The molecular weight excluding hydrogens is 413 g/mol. The largest absolute Gasteiger partial charge is 0.465 e. The summed E-state index contributed by atoms with van der Waals surface area (Å²) < 4.78 is 69.5. The fourth-order valence-electron chi connectivity index (χ4n) is 1.94. The van der Waals surface area contributed by atoms with Crippen LogP contribution >= 0.6 is 11.6 Å². The number of amides is 1. The minimum Gasteiger partial charge on any atom is -0.465 e. The maximum absolute atomic E-state index is 12.8. The number of hydrogen-bond donors (Lipinski definition) is 1. The molecule has 152 valence electrons. The number of carbonyl (C=O) groups is 2. The Morgan fingerprint density at radius 3 is 2.48 bits per heavy atom. The highest BCUT2D eigenvalue weighted by Gasteiger charge is 2.34. The molecule has 0 atom stereocenters. The number of carbonyl (C=O) groups excluding carboxylic acids is 2. The zero-order valence-electron chi connectivity index (χ0n) is 14.5. The molecule has 0 aromatic heterocycles. The van der Waals surface area contributed by atoms with Crippen molar-refractivity contribution in [3.8, 4) is 0 Å². The molecule has 7 nitrogen and oxygen atoms in total. The summed E-state index contributed by atoms with van der Waals surface area (Å²) in [5.41, 5.74) is -1.28. The van der Waals surface area contributed by atoms with Crippen LogP contribution in [0.4, 0.5) is 13.2 Å². The molecular formula is C15H18ClF3N2O5S. The molecule has 27 heavy (non-hydrogen) atoms. The second-order valence-electron chi connectivity index (χ2n) is 5.34. The Morgan fingerprint density at radius 1 is 1.30 bits per heavy atom. The number of alkyl halides is 3. The number of likely N-dealkylation sites (N-methyl/N-ethyl adjacent to an activating group) is 1. The van der Waals surface area contributed by atoms with Crippen LogP contribution in [0.5, 0.6) is 0 Å². The summed E-state index contributed by atoms with van der Waals surface area (Å²) in [4.78, 5) is 23.6. The molecule has 1 amide bonds. The lowest BCUT2D eigenvalue weighted by molar-refractivity contribution is -0.148. The molecule has 12 heteroatoms. The second-order valence-corrected chi connectivity index (χ2v) is 7.52. The van der Waals surface area contributed by atoms with Crippen molar-refractivity contribution in [1.29, 1.82) is 0 Å². The van der Waals surface area contributed by atoms with E-state index in [-0.39, 0.29) is 26.1 Å². The zero-order chi connectivity index (χ0) is 20.8. The van der Waals surface area contributed by atoms with Crippen LogP contribution in [-0.4, -0.2) is 51.9 Å². The van der Waals surface area contributed by atoms with E-state index in [9.17, 15) is 31.2 Å². The van der Waals surface area contributed by atoms with E-state index in [0.29, 0.717) is 6.07 Å². The zero-order valence-corrected chi connectivity index (χ0v) is 16.0. The quantitative estimate of drug-likeness (QED) is 0.637. The molecule has 0 saturated heterocycles. The summed E-state index contributed by atoms with van der Waals surface area (Å²) in [7, 11) is -2.95. The molecule has 0 bridgehead atoms. The molecule has 0 aliphatic carbocycles. The maximum Gasteiger partial charge on any atom is 0.417 e. The Hall–Kier alpha value is -1.85. The van der Waals surface area contributed by atoms with Gasteiger partial charge in [0.05, 0.1) is 22.1 Å². The predicted octanol–water partition coefficient (Wildman–Crippen LogP) is 2.05. The van der Waals surface area contributed by atoms with Crippen molar-refractivity contribution in [3.05, 3.63) is 28.8 Å². The minimum absolute atomic E-state index is 0.154. The van der Waals surface area contributed by atoms with E-state index in [1.165, 1.54) is 7.05 Å². The van der Waals surface area contributed by atoms with Gasteiger partial charge in [-0.25, -0.2) is 13.1 Å². The highest BCUT2D eigenvalue weighted by Crippen LogP contribution is 2.35. The standard InChI is InChI=1S/C15H18ClF3N2O5S/c1-3-26-14(23)9-21(2)13(22)6-7-20-27(24,25)10-4-5-12(16)11(8-10)15(17,18)19/h4-5,8,20H,3,6-7,9H2,1-2H3. The molecule has 1 rings (SSSR count). The molecule has 0 saturated carbocycles. The predicted molar refractivity (Wildman–Crippen MR) is 90.5 cm³/mol. The Bertz CT molecular complexity index is 799. The first kappa shape index (κ1) is 23.2. The van der Waals surface area contributed by atoms with E-state index >= 15 is 0 Å². The van der Waals surface area contributed by atoms with Crippen LogP contribution in [-0.2, 0) is 30.5 Å². The van der Waals surface area contributed by atoms with Gasteiger partial charge in [0.2, 0.25) is 15.9 Å². The van der Waals surface area contributed by atoms with Crippen molar-refractivity contribution in [2.24, 2.45) is 0 Å². The summed E-state index contributed by atoms with van der Waals surface area (Å²) in [6, 6.07) is 2.17. The molecule has 0 fully saturated rings. The number of nitrogens with one attached hydrogen (secondary N) is 1. The van der Waals surface area contributed by atoms with Crippen molar-refractivity contribution in [1.82, 2.24) is 9.62 Å². The fraction of sp³-hybridized carbons (Fsp3) is 0.467. The molecule has 0 aliphatic heterocycles. The summed E-state index contributed by atoms with van der Waals surface area (Å²) in [6.07, 6.45) is -5.11. The second kappa shape index (κ2) is 9.38. The van der Waals surface area contributed by atoms with Gasteiger partial charge in [0.1, 0.15) is 6.54 Å². The van der Waals surface area contributed by atoms with E-state index in [1.807, 2.05) is 4.72 Å². The molecule has 0 radical (unpaired) electrons. The number of hydrogen-bond acceptors (Lipinski definition) is 5. The lowest BCUT2D eigenvalue weighted by Crippen LogP contribution is -2.35. The average molecular weight is 431 g/mol. The smallest absolute Gasteiger partial charge is 0.417 e. The number of nitrogens with zero attached hydrogens (tertiary/aromatic N) is 1. The van der Waals surface area contributed by atoms with Gasteiger partial charge in [-0.05, 0) is 25.1 Å². The van der Waals surface area contributed by atoms with E-state index in [0.717, 1.165) is 17.0 Å². The van der Waals surface area contributed by atoms with Crippen molar-refractivity contribution >= 4 is 33.5 Å². The summed E-state index contributed by atoms with van der Waals surface area (Å²) in [6.45, 7) is 1.10. The number of halogens is 4. The van der Waals surface area contributed by atoms with Crippen LogP contribution in [0.15, 0.2) is 23.1 Å². The van der Waals surface area contributed by atoms with Gasteiger partial charge in [-0.1, -0.05) is 11.6 Å². The van der Waals surface area contributed by atoms with Crippen LogP contribution in [0.25, 0.3) is 0 Å². The van der Waals surface area contributed by atoms with Gasteiger partial charge in [-0.2, -0.15) is 13.2 Å². The number of esters is 1. The third-order valence-corrected chi connectivity index (χ3v) is 5.07. The Labute approximate surface area is 159 Å². The summed E-state index contributed by atoms with van der Waals surface area (Å²) in [5, 5.41) is -0.628. The first-order valence-electron chi connectivity index (χ1n) is 7.64. The van der Waals surface area contributed by atoms with E-state index < -0.39 is 43.6 Å². The van der Waals surface area contributed by atoms with E-state index in [4.69, 9.17) is 11.6 Å². The van der Waals surface area contributed by atoms with Gasteiger partial charge in [0.25, 0.3) is 0 Å². The van der Waals surface area contributed by atoms with Crippen molar-refractivity contribution in [2.75, 3.05) is 26.7 Å². The highest BCUT2D eigenvalue weighted by molar-refractivity contribution is 7.89. The summed E-state index contributed by atoms with van der Waals surface area (Å²) in [5.74, 6) is -1.16. The van der Waals surface area contributed by atoms with Gasteiger partial charge in [0, 0.05) is 20.0 Å². The van der Waals surface area contributed by atoms with Gasteiger partial charge < -0.3 is 9.64 Å². The third kappa shape index (κ3) is 7.00. The minimum atomic E-state index is -4.81. The van der Waals surface area contributed by atoms with Crippen LogP contribution in [0.2, 0.25) is 5.02 Å². The number of ether oxygens (including phenoxy) is 1. The lowest BCUT2D eigenvalue weighted by Gasteiger charge is -2.16. The maximum atomic E-state index is 12.8. The lowest BCUT2D eigenvalue weighted by atomic mass is 10.2. The van der Waals surface area contributed by atoms with Gasteiger partial charge in [-0.15, -0.1) is 0 Å². The van der Waals surface area contributed by atoms with Crippen LogP contribution < -0.4 is 4.72 Å². The molecule has 1 aromatic rings. The normalized spacial score (nSPS) is 11.9. The van der Waals surface area contributed by atoms with Gasteiger partial charge >= 0.3 is 12.1 Å². The number of rotatable bonds is 8. The van der Waals surface area contributed by atoms with E-state index in [1.54, 1.807) is 6.92 Å². The molecule has 0 spiro atoms. The van der Waals surface area contributed by atoms with Crippen molar-refractivity contribution in [3.63, 3.8) is 0 Å². The molecule has 1 aromatic carbocycles. The van der Waals surface area contributed by atoms with Crippen molar-refractivity contribution in [2.45, 2.75) is 24.4 Å². The highest BCUT2D eigenvalue weighted by atomic mass is 35.5. The third-order valence-electron chi connectivity index (χ3n) is 3.28.